The molecular weight excluding hydrogens is 434 g/mol. The molecule has 1 amide bonds. The Labute approximate surface area is 197 Å². The van der Waals surface area contributed by atoms with Crippen LogP contribution in [0.4, 0.5) is 14.5 Å². The molecule has 1 fully saturated rings. The smallest absolute Gasteiger partial charge is 0.224 e. The Bertz CT molecular complexity index is 1210. The molecule has 0 unspecified atom stereocenters. The number of fused-ring (bicyclic) bond motifs is 1. The van der Waals surface area contributed by atoms with Crippen LogP contribution in [0, 0.1) is 17.6 Å². The molecule has 0 bridgehead atoms. The fraction of sp³-hybridized carbons (Fsp3) is 0.286. The molecule has 0 aromatic heterocycles. The van der Waals surface area contributed by atoms with Gasteiger partial charge in [-0.15, -0.1) is 0 Å². The van der Waals surface area contributed by atoms with Crippen molar-refractivity contribution >= 4 is 17.4 Å². The molecular formula is C28H26F2N2O2. The SMILES string of the molecule is O=C(Cc1ccc(F)cc1)C[C@@H]1C(=O)NC[C@H]1c1cc2c(cc1F)N(Cc1ccccc1)CC2. The lowest BCUT2D eigenvalue weighted by Crippen LogP contribution is -2.23. The van der Waals surface area contributed by atoms with Crippen LogP contribution in [0.1, 0.15) is 34.6 Å². The monoisotopic (exact) mass is 460 g/mol. The van der Waals surface area contributed by atoms with E-state index in [1.165, 1.54) is 17.7 Å². The summed E-state index contributed by atoms with van der Waals surface area (Å²) in [6.07, 6.45) is 0.972. The van der Waals surface area contributed by atoms with Crippen molar-refractivity contribution in [3.8, 4) is 0 Å². The number of nitrogens with one attached hydrogen (secondary N) is 1. The maximum absolute atomic E-state index is 15.3. The lowest BCUT2D eigenvalue weighted by atomic mass is 9.83. The lowest BCUT2D eigenvalue weighted by molar-refractivity contribution is -0.127. The average molecular weight is 461 g/mol. The van der Waals surface area contributed by atoms with Crippen LogP contribution in [-0.2, 0) is 29.0 Å². The molecule has 2 aliphatic rings. The lowest BCUT2D eigenvalue weighted by Gasteiger charge is -2.22. The number of anilines is 1. The highest BCUT2D eigenvalue weighted by molar-refractivity contribution is 5.90. The second kappa shape index (κ2) is 9.37. The van der Waals surface area contributed by atoms with Gasteiger partial charge in [-0.25, -0.2) is 8.78 Å². The zero-order chi connectivity index (χ0) is 23.7. The van der Waals surface area contributed by atoms with Gasteiger partial charge in [0.05, 0.1) is 5.92 Å². The molecule has 5 rings (SSSR count). The quantitative estimate of drug-likeness (QED) is 0.563. The number of hydrogen-bond donors (Lipinski definition) is 1. The van der Waals surface area contributed by atoms with E-state index in [2.05, 4.69) is 22.3 Å². The number of halogens is 2. The first kappa shape index (κ1) is 22.3. The van der Waals surface area contributed by atoms with Gasteiger partial charge >= 0.3 is 0 Å². The highest BCUT2D eigenvalue weighted by Crippen LogP contribution is 2.38. The highest BCUT2D eigenvalue weighted by atomic mass is 19.1. The Morgan fingerprint density at radius 1 is 1.00 bits per heavy atom. The summed E-state index contributed by atoms with van der Waals surface area (Å²) in [6, 6.07) is 19.3. The maximum atomic E-state index is 15.3. The predicted octanol–water partition coefficient (Wildman–Crippen LogP) is 4.56. The van der Waals surface area contributed by atoms with E-state index in [-0.39, 0.29) is 36.2 Å². The summed E-state index contributed by atoms with van der Waals surface area (Å²) in [6.45, 7) is 1.85. The molecule has 0 radical (unpaired) electrons. The number of nitrogens with zero attached hydrogens (tertiary/aromatic N) is 1. The first-order valence-corrected chi connectivity index (χ1v) is 11.6. The molecule has 1 N–H and O–H groups in total. The molecule has 174 valence electrons. The van der Waals surface area contributed by atoms with Gasteiger partial charge in [-0.05, 0) is 46.9 Å². The van der Waals surface area contributed by atoms with Gasteiger partial charge in [0, 0.05) is 44.1 Å². The molecule has 2 atom stereocenters. The predicted molar refractivity (Wildman–Crippen MR) is 127 cm³/mol. The second-order valence-corrected chi connectivity index (χ2v) is 9.16. The Morgan fingerprint density at radius 2 is 1.76 bits per heavy atom. The largest absolute Gasteiger partial charge is 0.367 e. The summed E-state index contributed by atoms with van der Waals surface area (Å²) < 4.78 is 28.5. The Kier molecular flexibility index (Phi) is 6.14. The molecule has 2 heterocycles. The van der Waals surface area contributed by atoms with Crippen molar-refractivity contribution in [2.24, 2.45) is 5.92 Å². The first-order valence-electron chi connectivity index (χ1n) is 11.6. The number of carbonyl (C=O) groups is 2. The Hall–Kier alpha value is -3.54. The van der Waals surface area contributed by atoms with Crippen molar-refractivity contribution in [3.05, 3.63) is 101 Å². The molecule has 34 heavy (non-hydrogen) atoms. The van der Waals surface area contributed by atoms with Gasteiger partial charge in [-0.2, -0.15) is 0 Å². The molecule has 0 saturated carbocycles. The van der Waals surface area contributed by atoms with Gasteiger partial charge in [0.15, 0.2) is 0 Å². The molecule has 2 aliphatic heterocycles. The van der Waals surface area contributed by atoms with E-state index in [9.17, 15) is 14.0 Å². The van der Waals surface area contributed by atoms with Gasteiger partial charge in [0.2, 0.25) is 5.91 Å². The van der Waals surface area contributed by atoms with Crippen LogP contribution in [0.15, 0.2) is 66.7 Å². The number of Topliss-reactive ketones (excluding diaryl/α,β-unsaturated/α-hetero) is 1. The maximum Gasteiger partial charge on any atom is 0.224 e. The van der Waals surface area contributed by atoms with Crippen LogP contribution in [0.3, 0.4) is 0 Å². The van der Waals surface area contributed by atoms with E-state index in [0.29, 0.717) is 17.7 Å². The van der Waals surface area contributed by atoms with Crippen molar-refractivity contribution in [1.29, 1.82) is 0 Å². The van der Waals surface area contributed by atoms with Crippen molar-refractivity contribution in [2.45, 2.75) is 31.7 Å². The van der Waals surface area contributed by atoms with Gasteiger partial charge in [0.25, 0.3) is 0 Å². The second-order valence-electron chi connectivity index (χ2n) is 9.16. The van der Waals surface area contributed by atoms with Gasteiger partial charge in [-0.1, -0.05) is 48.5 Å². The number of ketones is 1. The zero-order valence-corrected chi connectivity index (χ0v) is 18.8. The van der Waals surface area contributed by atoms with E-state index in [1.807, 2.05) is 24.3 Å². The van der Waals surface area contributed by atoms with Crippen LogP contribution < -0.4 is 10.2 Å². The number of amides is 1. The van der Waals surface area contributed by atoms with Crippen LogP contribution >= 0.6 is 0 Å². The fourth-order valence-corrected chi connectivity index (χ4v) is 5.12. The summed E-state index contributed by atoms with van der Waals surface area (Å²) in [7, 11) is 0. The standard InChI is InChI=1S/C28H26F2N2O2/c29-21-8-6-18(7-9-21)12-22(33)14-24-25(16-31-28(24)34)23-13-20-10-11-32(27(20)15-26(23)30)17-19-4-2-1-3-5-19/h1-9,13,15,24-25H,10-12,14,16-17H2,(H,31,34)/t24-,25-/m0/s1. The molecule has 0 spiro atoms. The third-order valence-electron chi connectivity index (χ3n) is 6.89. The molecule has 6 heteroatoms. The molecule has 0 aliphatic carbocycles. The molecule has 3 aromatic carbocycles. The Morgan fingerprint density at radius 3 is 2.53 bits per heavy atom. The molecule has 4 nitrogen and oxygen atoms in total. The summed E-state index contributed by atoms with van der Waals surface area (Å²) in [4.78, 5) is 27.4. The minimum Gasteiger partial charge on any atom is -0.367 e. The third kappa shape index (κ3) is 4.58. The normalized spacial score (nSPS) is 19.2. The zero-order valence-electron chi connectivity index (χ0n) is 18.8. The van der Waals surface area contributed by atoms with Crippen LogP contribution in [0.5, 0.6) is 0 Å². The van der Waals surface area contributed by atoms with E-state index < -0.39 is 11.8 Å². The van der Waals surface area contributed by atoms with Crippen molar-refractivity contribution in [1.82, 2.24) is 5.32 Å². The first-order chi connectivity index (χ1) is 16.5. The Balaban J connectivity index is 1.33. The van der Waals surface area contributed by atoms with Gasteiger partial charge in [-0.3, -0.25) is 9.59 Å². The van der Waals surface area contributed by atoms with E-state index in [0.717, 1.165) is 30.8 Å². The third-order valence-corrected chi connectivity index (χ3v) is 6.89. The van der Waals surface area contributed by atoms with Gasteiger partial charge < -0.3 is 10.2 Å². The minimum absolute atomic E-state index is 0.0323. The van der Waals surface area contributed by atoms with Crippen LogP contribution in [0.25, 0.3) is 0 Å². The summed E-state index contributed by atoms with van der Waals surface area (Å²) in [5.74, 6) is -2.03. The summed E-state index contributed by atoms with van der Waals surface area (Å²) in [5, 5.41) is 2.81. The van der Waals surface area contributed by atoms with Crippen molar-refractivity contribution in [3.63, 3.8) is 0 Å². The van der Waals surface area contributed by atoms with E-state index in [4.69, 9.17) is 0 Å². The summed E-state index contributed by atoms with van der Waals surface area (Å²) >= 11 is 0. The van der Waals surface area contributed by atoms with Crippen molar-refractivity contribution in [2.75, 3.05) is 18.0 Å². The van der Waals surface area contributed by atoms with Crippen LogP contribution in [0.2, 0.25) is 0 Å². The minimum atomic E-state index is -0.609. The molecule has 3 aromatic rings. The average Bonchev–Trinajstić information content (AvgIpc) is 3.38. The summed E-state index contributed by atoms with van der Waals surface area (Å²) in [5.41, 5.74) is 4.33. The van der Waals surface area contributed by atoms with Crippen LogP contribution in [-0.4, -0.2) is 24.8 Å². The number of benzene rings is 3. The molecule has 1 saturated heterocycles. The highest BCUT2D eigenvalue weighted by Gasteiger charge is 2.39. The number of carbonyl (C=O) groups excluding carboxylic acids is 2. The topological polar surface area (TPSA) is 49.4 Å². The van der Waals surface area contributed by atoms with Gasteiger partial charge in [0.1, 0.15) is 17.4 Å². The van der Waals surface area contributed by atoms with E-state index >= 15 is 4.39 Å². The number of rotatable bonds is 7. The number of hydrogen-bond acceptors (Lipinski definition) is 3. The fourth-order valence-electron chi connectivity index (χ4n) is 5.12. The van der Waals surface area contributed by atoms with Crippen molar-refractivity contribution < 1.29 is 18.4 Å². The van der Waals surface area contributed by atoms with E-state index in [1.54, 1.807) is 18.2 Å².